The minimum absolute atomic E-state index is 0.424. The van der Waals surface area contributed by atoms with Gasteiger partial charge >= 0.3 is 0 Å². The van der Waals surface area contributed by atoms with E-state index >= 15 is 0 Å². The van der Waals surface area contributed by atoms with E-state index in [1.165, 1.54) is 23.7 Å². The molecule has 4 heteroatoms. The number of thioether (sulfide) groups is 3. The summed E-state index contributed by atoms with van der Waals surface area (Å²) >= 11 is 6.30. The van der Waals surface area contributed by atoms with Gasteiger partial charge in [0, 0.05) is 5.75 Å². The summed E-state index contributed by atoms with van der Waals surface area (Å²) in [5.74, 6) is 5.72. The van der Waals surface area contributed by atoms with Gasteiger partial charge in [-0.3, -0.25) is 0 Å². The molecule has 0 aromatic rings. The van der Waals surface area contributed by atoms with Gasteiger partial charge in [0.1, 0.15) is 0 Å². The lowest BCUT2D eigenvalue weighted by Gasteiger charge is -2.31. The molecule has 2 saturated heterocycles. The van der Waals surface area contributed by atoms with Gasteiger partial charge < -0.3 is 4.74 Å². The lowest BCUT2D eigenvalue weighted by atomic mass is 10.1. The van der Waals surface area contributed by atoms with Gasteiger partial charge in [0.15, 0.2) is 0 Å². The molecular weight excluding hydrogens is 244 g/mol. The predicted octanol–water partition coefficient (Wildman–Crippen LogP) is 3.54. The summed E-state index contributed by atoms with van der Waals surface area (Å²) in [6.07, 6.45) is 1.35. The summed E-state index contributed by atoms with van der Waals surface area (Å²) in [6.45, 7) is 5.51. The highest BCUT2D eigenvalue weighted by Crippen LogP contribution is 2.39. The Labute approximate surface area is 106 Å². The van der Waals surface area contributed by atoms with Crippen molar-refractivity contribution in [2.45, 2.75) is 30.3 Å². The molecule has 0 spiro atoms. The molecule has 0 N–H and O–H groups in total. The van der Waals surface area contributed by atoms with Crippen molar-refractivity contribution < 1.29 is 4.74 Å². The normalized spacial score (nSPS) is 42.8. The Kier molecular flexibility index (Phi) is 5.05. The van der Waals surface area contributed by atoms with Gasteiger partial charge in [0.05, 0.1) is 16.6 Å². The molecule has 15 heavy (non-hydrogen) atoms. The fraction of sp³-hybridized carbons (Fsp3) is 1.00. The van der Waals surface area contributed by atoms with Crippen molar-refractivity contribution in [1.82, 2.24) is 0 Å². The SMILES string of the molecule is CC1CSC(CC2COC(C)SC2)SC1. The van der Waals surface area contributed by atoms with Crippen LogP contribution in [0.2, 0.25) is 0 Å². The van der Waals surface area contributed by atoms with Gasteiger partial charge in [0.2, 0.25) is 0 Å². The van der Waals surface area contributed by atoms with E-state index in [9.17, 15) is 0 Å². The van der Waals surface area contributed by atoms with E-state index in [4.69, 9.17) is 4.74 Å². The molecule has 0 radical (unpaired) electrons. The molecule has 88 valence electrons. The molecule has 0 aliphatic carbocycles. The van der Waals surface area contributed by atoms with Crippen LogP contribution >= 0.6 is 35.3 Å². The molecule has 2 heterocycles. The molecule has 2 aliphatic rings. The Hall–Kier alpha value is 1.01. The highest BCUT2D eigenvalue weighted by atomic mass is 32.2. The van der Waals surface area contributed by atoms with Crippen molar-refractivity contribution in [2.75, 3.05) is 23.9 Å². The van der Waals surface area contributed by atoms with Crippen molar-refractivity contribution >= 4 is 35.3 Å². The maximum absolute atomic E-state index is 5.70. The van der Waals surface area contributed by atoms with Crippen LogP contribution in [0.15, 0.2) is 0 Å². The van der Waals surface area contributed by atoms with Crippen LogP contribution in [-0.2, 0) is 4.74 Å². The average molecular weight is 264 g/mol. The quantitative estimate of drug-likeness (QED) is 0.754. The minimum Gasteiger partial charge on any atom is -0.368 e. The van der Waals surface area contributed by atoms with Gasteiger partial charge in [-0.15, -0.1) is 35.3 Å². The maximum atomic E-state index is 5.70. The number of rotatable bonds is 2. The Morgan fingerprint density at radius 3 is 2.40 bits per heavy atom. The predicted molar refractivity (Wildman–Crippen MR) is 73.8 cm³/mol. The first kappa shape index (κ1) is 12.5. The highest BCUT2D eigenvalue weighted by molar-refractivity contribution is 8.17. The first-order valence-corrected chi connectivity index (χ1v) is 8.85. The molecule has 2 unspecified atom stereocenters. The van der Waals surface area contributed by atoms with E-state index < -0.39 is 0 Å². The highest BCUT2D eigenvalue weighted by Gasteiger charge is 2.25. The van der Waals surface area contributed by atoms with Crippen LogP contribution in [0.3, 0.4) is 0 Å². The Bertz CT molecular complexity index is 164. The summed E-state index contributed by atoms with van der Waals surface area (Å²) in [6, 6.07) is 0. The monoisotopic (exact) mass is 264 g/mol. The number of hydrogen-bond donors (Lipinski definition) is 0. The second kappa shape index (κ2) is 6.08. The molecule has 0 amide bonds. The van der Waals surface area contributed by atoms with E-state index in [1.807, 2.05) is 11.8 Å². The number of ether oxygens (including phenoxy) is 1. The molecule has 2 fully saturated rings. The largest absolute Gasteiger partial charge is 0.368 e. The summed E-state index contributed by atoms with van der Waals surface area (Å²) in [5, 5.41) is 0. The van der Waals surface area contributed by atoms with Crippen LogP contribution < -0.4 is 0 Å². The van der Waals surface area contributed by atoms with Crippen LogP contribution in [0.4, 0.5) is 0 Å². The third-order valence-corrected chi connectivity index (χ3v) is 7.53. The zero-order chi connectivity index (χ0) is 10.7. The summed E-state index contributed by atoms with van der Waals surface area (Å²) < 4.78 is 6.53. The third-order valence-electron chi connectivity index (χ3n) is 2.79. The molecule has 2 rings (SSSR count). The van der Waals surface area contributed by atoms with E-state index in [1.54, 1.807) is 0 Å². The minimum atomic E-state index is 0.424. The first-order valence-electron chi connectivity index (χ1n) is 5.70. The van der Waals surface area contributed by atoms with Gasteiger partial charge in [-0.05, 0) is 36.7 Å². The van der Waals surface area contributed by atoms with Crippen molar-refractivity contribution in [1.29, 1.82) is 0 Å². The van der Waals surface area contributed by atoms with E-state index in [-0.39, 0.29) is 0 Å². The van der Waals surface area contributed by atoms with Crippen molar-refractivity contribution in [3.05, 3.63) is 0 Å². The van der Waals surface area contributed by atoms with Gasteiger partial charge in [0.25, 0.3) is 0 Å². The topological polar surface area (TPSA) is 9.23 Å². The number of hydrogen-bond acceptors (Lipinski definition) is 4. The standard InChI is InChI=1S/C11H20OS3/c1-8-5-14-11(15-6-8)3-10-4-12-9(2)13-7-10/h8-11H,3-7H2,1-2H3. The van der Waals surface area contributed by atoms with E-state index in [0.717, 1.165) is 23.0 Å². The summed E-state index contributed by atoms with van der Waals surface area (Å²) in [4.78, 5) is 0. The molecule has 0 bridgehead atoms. The van der Waals surface area contributed by atoms with Crippen LogP contribution in [0.5, 0.6) is 0 Å². The van der Waals surface area contributed by atoms with Crippen molar-refractivity contribution in [3.63, 3.8) is 0 Å². The second-order valence-corrected chi connectivity index (χ2v) is 8.64. The molecular formula is C11H20OS3. The lowest BCUT2D eigenvalue weighted by molar-refractivity contribution is 0.0849. The Morgan fingerprint density at radius 1 is 1.07 bits per heavy atom. The molecule has 2 aliphatic heterocycles. The zero-order valence-electron chi connectivity index (χ0n) is 9.48. The zero-order valence-corrected chi connectivity index (χ0v) is 11.9. The van der Waals surface area contributed by atoms with Crippen LogP contribution in [0, 0.1) is 11.8 Å². The van der Waals surface area contributed by atoms with E-state index in [0.29, 0.717) is 5.44 Å². The van der Waals surface area contributed by atoms with Crippen LogP contribution in [0.1, 0.15) is 20.3 Å². The molecule has 2 atom stereocenters. The molecule has 0 saturated carbocycles. The van der Waals surface area contributed by atoms with Gasteiger partial charge in [-0.25, -0.2) is 0 Å². The summed E-state index contributed by atoms with van der Waals surface area (Å²) in [7, 11) is 0. The lowest BCUT2D eigenvalue weighted by Crippen LogP contribution is -2.27. The van der Waals surface area contributed by atoms with Crippen LogP contribution in [0.25, 0.3) is 0 Å². The first-order chi connectivity index (χ1) is 7.24. The maximum Gasteiger partial charge on any atom is 0.0999 e. The van der Waals surface area contributed by atoms with Gasteiger partial charge in [-0.1, -0.05) is 6.92 Å². The fourth-order valence-electron chi connectivity index (χ4n) is 1.82. The molecule has 1 nitrogen and oxygen atoms in total. The van der Waals surface area contributed by atoms with Gasteiger partial charge in [-0.2, -0.15) is 0 Å². The Balaban J connectivity index is 1.68. The molecule has 0 aromatic carbocycles. The van der Waals surface area contributed by atoms with Crippen molar-refractivity contribution in [3.8, 4) is 0 Å². The van der Waals surface area contributed by atoms with Crippen molar-refractivity contribution in [2.24, 2.45) is 11.8 Å². The smallest absolute Gasteiger partial charge is 0.0999 e. The fourth-order valence-corrected chi connectivity index (χ4v) is 5.92. The third kappa shape index (κ3) is 4.06. The second-order valence-electron chi connectivity index (χ2n) is 4.54. The summed E-state index contributed by atoms with van der Waals surface area (Å²) in [5.41, 5.74) is 0.424. The van der Waals surface area contributed by atoms with Crippen LogP contribution in [-0.4, -0.2) is 33.9 Å². The Morgan fingerprint density at radius 2 is 1.80 bits per heavy atom. The van der Waals surface area contributed by atoms with E-state index in [2.05, 4.69) is 37.4 Å². The molecule has 0 aromatic heterocycles. The average Bonchev–Trinajstić information content (AvgIpc) is 2.25.